The number of carbonyl (C=O) groups is 5. The van der Waals surface area contributed by atoms with E-state index in [1.165, 1.54) is 13.0 Å². The van der Waals surface area contributed by atoms with Crippen LogP contribution in [-0.2, 0) is 50.0 Å². The second kappa shape index (κ2) is 10.4. The largest absolute Gasteiger partial charge is 0.504 e. The number of hydrogen-bond donors (Lipinski definition) is 3. The van der Waals surface area contributed by atoms with Crippen molar-refractivity contribution in [3.63, 3.8) is 0 Å². The molecule has 13 nitrogen and oxygen atoms in total. The van der Waals surface area contributed by atoms with Crippen LogP contribution in [-0.4, -0.2) is 93.4 Å². The van der Waals surface area contributed by atoms with Gasteiger partial charge in [-0.25, -0.2) is 4.79 Å². The maximum atomic E-state index is 13.4. The summed E-state index contributed by atoms with van der Waals surface area (Å²) in [5, 5.41) is 31.9. The van der Waals surface area contributed by atoms with Gasteiger partial charge in [0.05, 0.1) is 17.4 Å². The van der Waals surface area contributed by atoms with E-state index < -0.39 is 71.3 Å². The van der Waals surface area contributed by atoms with E-state index in [-0.39, 0.29) is 29.7 Å². The highest BCUT2D eigenvalue weighted by atomic mass is 16.6. The van der Waals surface area contributed by atoms with Crippen molar-refractivity contribution in [3.8, 4) is 11.5 Å². The minimum absolute atomic E-state index is 0.0747. The van der Waals surface area contributed by atoms with Crippen LogP contribution < -0.4 is 4.74 Å². The first kappa shape index (κ1) is 29.5. The summed E-state index contributed by atoms with van der Waals surface area (Å²) in [6, 6.07) is 3.09. The number of nitrogens with zero attached hydrogens (tertiary/aromatic N) is 1. The number of rotatable bonds is 9. The predicted octanol–water partition coefficient (Wildman–Crippen LogP) is 0.756. The highest BCUT2D eigenvalue weighted by molar-refractivity contribution is 5.90. The third-order valence-corrected chi connectivity index (χ3v) is 8.99. The zero-order valence-corrected chi connectivity index (χ0v) is 23.6. The van der Waals surface area contributed by atoms with Crippen molar-refractivity contribution < 1.29 is 58.2 Å². The second-order valence-corrected chi connectivity index (χ2v) is 11.5. The lowest BCUT2D eigenvalue weighted by atomic mass is 9.50. The van der Waals surface area contributed by atoms with E-state index in [9.17, 15) is 34.2 Å². The van der Waals surface area contributed by atoms with Gasteiger partial charge in [-0.05, 0) is 58.0 Å². The molecule has 7 atom stereocenters. The molecule has 2 aliphatic heterocycles. The molecule has 0 unspecified atom stereocenters. The Labute approximate surface area is 241 Å². The Kier molecular flexibility index (Phi) is 7.30. The normalized spacial score (nSPS) is 29.1. The number of likely N-dealkylation sites (N-methyl/N-ethyl adjacent to an activating group) is 1. The van der Waals surface area contributed by atoms with E-state index in [0.29, 0.717) is 24.9 Å². The zero-order chi connectivity index (χ0) is 30.7. The van der Waals surface area contributed by atoms with Crippen molar-refractivity contribution in [2.45, 2.75) is 81.8 Å². The lowest BCUT2D eigenvalue weighted by molar-refractivity contribution is -0.182. The van der Waals surface area contributed by atoms with E-state index in [1.807, 2.05) is 13.1 Å². The standard InChI is InChI=1S/C29H33NO12/c1-13(23(39-15(3)32)27(37)41-19(14(2)31)12-21(34)35)26(36)40-18-7-8-29(38)20-11-16-5-6-17(33)24-22(16)28(29,25(18)42-24)9-10-30(20)4/h5-7,13,19-20,23,25,33,38H,8-12H2,1-4H3,(H,34,35)/t13-,19-,20-,23-,25+,28+,29-/m1/s1. The highest BCUT2D eigenvalue weighted by Gasteiger charge is 2.72. The molecule has 2 bridgehead atoms. The van der Waals surface area contributed by atoms with Gasteiger partial charge in [0.2, 0.25) is 6.10 Å². The molecule has 0 saturated carbocycles. The van der Waals surface area contributed by atoms with E-state index in [4.69, 9.17) is 24.1 Å². The molecular formula is C29H33NO12. The molecule has 2 aliphatic carbocycles. The van der Waals surface area contributed by atoms with Gasteiger partial charge in [0.1, 0.15) is 11.7 Å². The van der Waals surface area contributed by atoms with E-state index in [2.05, 4.69) is 4.90 Å². The van der Waals surface area contributed by atoms with Crippen LogP contribution >= 0.6 is 0 Å². The average molecular weight is 588 g/mol. The van der Waals surface area contributed by atoms with Crippen LogP contribution in [0.25, 0.3) is 0 Å². The third kappa shape index (κ3) is 4.42. The summed E-state index contributed by atoms with van der Waals surface area (Å²) >= 11 is 0. The molecule has 1 fully saturated rings. The Bertz CT molecular complexity index is 1400. The molecule has 3 N–H and O–H groups in total. The number of benzene rings is 1. The summed E-state index contributed by atoms with van der Waals surface area (Å²) in [7, 11) is 1.94. The van der Waals surface area contributed by atoms with Crippen molar-refractivity contribution >= 4 is 29.7 Å². The molecule has 2 heterocycles. The molecule has 42 heavy (non-hydrogen) atoms. The molecule has 5 rings (SSSR count). The van der Waals surface area contributed by atoms with Gasteiger partial charge in [-0.3, -0.25) is 19.2 Å². The van der Waals surface area contributed by atoms with Gasteiger partial charge in [0.25, 0.3) is 0 Å². The fraction of sp³-hybridized carbons (Fsp3) is 0.552. The number of ether oxygens (including phenoxy) is 4. The quantitative estimate of drug-likeness (QED) is 0.272. The molecule has 13 heteroatoms. The number of carbonyl (C=O) groups excluding carboxylic acids is 4. The van der Waals surface area contributed by atoms with Gasteiger partial charge in [-0.15, -0.1) is 0 Å². The Morgan fingerprint density at radius 1 is 1.14 bits per heavy atom. The predicted molar refractivity (Wildman–Crippen MR) is 140 cm³/mol. The first-order chi connectivity index (χ1) is 19.7. The molecule has 1 aromatic carbocycles. The van der Waals surface area contributed by atoms with Crippen molar-refractivity contribution in [1.29, 1.82) is 0 Å². The van der Waals surface area contributed by atoms with E-state index in [1.54, 1.807) is 6.08 Å². The first-order valence-electron chi connectivity index (χ1n) is 13.7. The summed E-state index contributed by atoms with van der Waals surface area (Å²) in [5.41, 5.74) is -0.677. The first-order valence-corrected chi connectivity index (χ1v) is 13.7. The number of esters is 3. The van der Waals surface area contributed by atoms with Gasteiger partial charge in [-0.2, -0.15) is 0 Å². The van der Waals surface area contributed by atoms with Crippen LogP contribution in [0.2, 0.25) is 0 Å². The molecule has 226 valence electrons. The van der Waals surface area contributed by atoms with Gasteiger partial charge in [0, 0.05) is 24.9 Å². The SMILES string of the molecule is CC(=O)O[C@@H](C(=O)O[C@H](CC(=O)O)C(C)=O)[C@@H](C)C(=O)OC1=CC[C@@]2(O)[C@H]3Cc4ccc(O)c5c4[C@@]2(CCN3C)[C@H]1O5. The van der Waals surface area contributed by atoms with Crippen LogP contribution in [0.1, 0.15) is 51.2 Å². The summed E-state index contributed by atoms with van der Waals surface area (Å²) in [4.78, 5) is 63.2. The molecule has 0 amide bonds. The molecule has 0 aromatic heterocycles. The van der Waals surface area contributed by atoms with Crippen LogP contribution in [0.5, 0.6) is 11.5 Å². The average Bonchev–Trinajstić information content (AvgIpc) is 3.27. The summed E-state index contributed by atoms with van der Waals surface area (Å²) in [5.74, 6) is -6.58. The van der Waals surface area contributed by atoms with Gasteiger partial charge >= 0.3 is 23.9 Å². The lowest BCUT2D eigenvalue weighted by Crippen LogP contribution is -2.74. The fourth-order valence-electron chi connectivity index (χ4n) is 6.94. The second-order valence-electron chi connectivity index (χ2n) is 11.5. The zero-order valence-electron chi connectivity index (χ0n) is 23.6. The molecule has 1 saturated heterocycles. The smallest absolute Gasteiger partial charge is 0.349 e. The van der Waals surface area contributed by atoms with Gasteiger partial charge in [0.15, 0.2) is 29.5 Å². The molecule has 4 aliphatic rings. The Morgan fingerprint density at radius 2 is 1.86 bits per heavy atom. The summed E-state index contributed by atoms with van der Waals surface area (Å²) in [6.07, 6.45) is -2.59. The highest BCUT2D eigenvalue weighted by Crippen LogP contribution is 2.65. The number of carboxylic acids is 1. The number of aliphatic carboxylic acids is 1. The number of ketones is 1. The monoisotopic (exact) mass is 587 g/mol. The number of piperidine rings is 1. The molecule has 1 spiro atoms. The Balaban J connectivity index is 1.43. The molecule has 1 aromatic rings. The summed E-state index contributed by atoms with van der Waals surface area (Å²) < 4.78 is 22.1. The number of aromatic hydroxyl groups is 1. The Morgan fingerprint density at radius 3 is 2.50 bits per heavy atom. The number of Topliss-reactive ketones (excluding diaryl/α,β-unsaturated/α-hetero) is 1. The Hall–Kier alpha value is -3.97. The molecular weight excluding hydrogens is 554 g/mol. The number of phenols is 1. The minimum Gasteiger partial charge on any atom is -0.504 e. The summed E-state index contributed by atoms with van der Waals surface area (Å²) in [6.45, 7) is 3.93. The number of likely N-dealkylation sites (tertiary alicyclic amines) is 1. The van der Waals surface area contributed by atoms with Crippen LogP contribution in [0.3, 0.4) is 0 Å². The fourth-order valence-corrected chi connectivity index (χ4v) is 6.94. The van der Waals surface area contributed by atoms with Gasteiger partial charge < -0.3 is 39.2 Å². The third-order valence-electron chi connectivity index (χ3n) is 8.99. The van der Waals surface area contributed by atoms with Crippen LogP contribution in [0.4, 0.5) is 0 Å². The lowest BCUT2D eigenvalue weighted by Gasteiger charge is -2.61. The van der Waals surface area contributed by atoms with E-state index >= 15 is 0 Å². The number of aliphatic hydroxyl groups is 1. The topological polar surface area (TPSA) is 186 Å². The van der Waals surface area contributed by atoms with Crippen molar-refractivity contribution in [2.75, 3.05) is 13.6 Å². The number of hydrogen-bond acceptors (Lipinski definition) is 12. The molecule has 0 radical (unpaired) electrons. The van der Waals surface area contributed by atoms with E-state index in [0.717, 1.165) is 19.4 Å². The van der Waals surface area contributed by atoms with Crippen LogP contribution in [0.15, 0.2) is 24.0 Å². The van der Waals surface area contributed by atoms with Crippen molar-refractivity contribution in [3.05, 3.63) is 35.1 Å². The maximum absolute atomic E-state index is 13.4. The maximum Gasteiger partial charge on any atom is 0.349 e. The van der Waals surface area contributed by atoms with Crippen molar-refractivity contribution in [2.24, 2.45) is 5.92 Å². The van der Waals surface area contributed by atoms with Gasteiger partial charge in [-0.1, -0.05) is 6.07 Å². The van der Waals surface area contributed by atoms with Crippen molar-refractivity contribution in [1.82, 2.24) is 4.90 Å². The number of carboxylic acid groups (broad SMARTS) is 1. The minimum atomic E-state index is -1.84. The van der Waals surface area contributed by atoms with Crippen LogP contribution in [0, 0.1) is 5.92 Å². The number of phenolic OH excluding ortho intramolecular Hbond substituents is 1.